The molecule has 0 bridgehead atoms. The zero-order valence-electron chi connectivity index (χ0n) is 15.5. The van der Waals surface area contributed by atoms with E-state index < -0.39 is 0 Å². The van der Waals surface area contributed by atoms with Crippen LogP contribution in [0.1, 0.15) is 43.2 Å². The lowest BCUT2D eigenvalue weighted by Crippen LogP contribution is -2.57. The first-order chi connectivity index (χ1) is 13.1. The molecule has 0 amide bonds. The van der Waals surface area contributed by atoms with Crippen LogP contribution in [-0.4, -0.2) is 18.8 Å². The first-order valence-corrected chi connectivity index (χ1v) is 10.3. The topological polar surface area (TPSA) is 24.4 Å². The number of nitrogens with zero attached hydrogens (tertiary/aromatic N) is 1. The number of nitrogens with one attached hydrogen (secondary N) is 1. The smallest absolute Gasteiger partial charge is 0.0683 e. The lowest BCUT2D eigenvalue weighted by atomic mass is 9.60. The molecular weight excluding hydrogens is 375 g/mol. The molecule has 2 aromatic carbocycles. The maximum atomic E-state index is 6.34. The molecule has 0 aromatic heterocycles. The number of aliphatic imine (C=N–C) groups is 1. The molecule has 1 fully saturated rings. The summed E-state index contributed by atoms with van der Waals surface area (Å²) >= 11 is 12.6. The Morgan fingerprint density at radius 1 is 1.22 bits per heavy atom. The van der Waals surface area contributed by atoms with Gasteiger partial charge in [-0.2, -0.15) is 0 Å². The zero-order valence-corrected chi connectivity index (χ0v) is 17.0. The van der Waals surface area contributed by atoms with Gasteiger partial charge in [0.2, 0.25) is 0 Å². The van der Waals surface area contributed by atoms with Crippen molar-refractivity contribution >= 4 is 35.1 Å². The fourth-order valence-corrected chi connectivity index (χ4v) is 5.19. The average molecular weight is 399 g/mol. The van der Waals surface area contributed by atoms with Crippen molar-refractivity contribution in [1.29, 1.82) is 0 Å². The van der Waals surface area contributed by atoms with E-state index in [1.807, 2.05) is 24.3 Å². The summed E-state index contributed by atoms with van der Waals surface area (Å²) in [5.41, 5.74) is 4.42. The lowest BCUT2D eigenvalue weighted by Gasteiger charge is -2.48. The van der Waals surface area contributed by atoms with Crippen LogP contribution < -0.4 is 5.32 Å². The van der Waals surface area contributed by atoms with Gasteiger partial charge < -0.3 is 5.32 Å². The van der Waals surface area contributed by atoms with Crippen molar-refractivity contribution in [3.05, 3.63) is 75.8 Å². The Balaban J connectivity index is 1.90. The van der Waals surface area contributed by atoms with Crippen molar-refractivity contribution in [2.24, 2.45) is 4.99 Å². The summed E-state index contributed by atoms with van der Waals surface area (Å²) in [6, 6.07) is 14.5. The molecule has 2 aliphatic heterocycles. The molecule has 1 N–H and O–H groups in total. The number of fused-ring (bicyclic) bond motifs is 2. The molecule has 2 nitrogen and oxygen atoms in total. The van der Waals surface area contributed by atoms with Gasteiger partial charge in [0.05, 0.1) is 11.1 Å². The van der Waals surface area contributed by atoms with E-state index in [-0.39, 0.29) is 17.4 Å². The van der Waals surface area contributed by atoms with E-state index in [1.165, 1.54) is 16.7 Å². The third-order valence-electron chi connectivity index (χ3n) is 5.91. The highest BCUT2D eigenvalue weighted by atomic mass is 35.5. The molecule has 0 saturated carbocycles. The van der Waals surface area contributed by atoms with E-state index in [0.717, 1.165) is 41.5 Å². The standard InChI is InChI=1S/C23H24Cl2N2/c1-3-5-15(2)22-23(14-27-21-13-18(25)8-9-20(21)23)19(10-11-26-22)16-6-4-7-17(24)12-16/h4,6-9,12-14,19,22,26H,2-3,5,10-11H2,1H3/t19-,22+,23-/m1/s1. The summed E-state index contributed by atoms with van der Waals surface area (Å²) in [6.07, 6.45) is 5.24. The minimum Gasteiger partial charge on any atom is -0.309 e. The molecule has 3 atom stereocenters. The lowest BCUT2D eigenvalue weighted by molar-refractivity contribution is 0.290. The summed E-state index contributed by atoms with van der Waals surface area (Å²) < 4.78 is 0. The van der Waals surface area contributed by atoms with E-state index >= 15 is 0 Å². The van der Waals surface area contributed by atoms with Crippen LogP contribution in [0.4, 0.5) is 5.69 Å². The van der Waals surface area contributed by atoms with Gasteiger partial charge in [-0.05, 0) is 54.8 Å². The molecule has 0 unspecified atom stereocenters. The minimum absolute atomic E-state index is 0.140. The molecule has 4 rings (SSSR count). The van der Waals surface area contributed by atoms with E-state index in [1.54, 1.807) is 0 Å². The van der Waals surface area contributed by atoms with Crippen LogP contribution in [-0.2, 0) is 5.41 Å². The summed E-state index contributed by atoms with van der Waals surface area (Å²) in [6.45, 7) is 7.59. The Hall–Kier alpha value is -1.61. The number of benzene rings is 2. The second-order valence-corrected chi connectivity index (χ2v) is 8.42. The molecule has 27 heavy (non-hydrogen) atoms. The summed E-state index contributed by atoms with van der Waals surface area (Å²) in [7, 11) is 0. The predicted molar refractivity (Wildman–Crippen MR) is 116 cm³/mol. The highest BCUT2D eigenvalue weighted by Gasteiger charge is 2.52. The van der Waals surface area contributed by atoms with Crippen molar-refractivity contribution in [1.82, 2.24) is 5.32 Å². The molecule has 140 valence electrons. The van der Waals surface area contributed by atoms with Gasteiger partial charge in [-0.15, -0.1) is 0 Å². The quantitative estimate of drug-likeness (QED) is 0.587. The second-order valence-electron chi connectivity index (χ2n) is 7.54. The van der Waals surface area contributed by atoms with Crippen molar-refractivity contribution in [3.8, 4) is 0 Å². The molecule has 2 aromatic rings. The predicted octanol–water partition coefficient (Wildman–Crippen LogP) is 6.45. The second kappa shape index (κ2) is 7.43. The first-order valence-electron chi connectivity index (χ1n) is 9.58. The van der Waals surface area contributed by atoms with Crippen LogP contribution in [0.25, 0.3) is 0 Å². The number of hydrogen-bond donors (Lipinski definition) is 1. The van der Waals surface area contributed by atoms with Gasteiger partial charge in [-0.1, -0.05) is 66.9 Å². The van der Waals surface area contributed by atoms with Crippen LogP contribution in [0.2, 0.25) is 10.0 Å². The monoisotopic (exact) mass is 398 g/mol. The molecule has 2 heterocycles. The van der Waals surface area contributed by atoms with Crippen molar-refractivity contribution in [2.45, 2.75) is 43.6 Å². The third kappa shape index (κ3) is 3.14. The molecular formula is C23H24Cl2N2. The fourth-order valence-electron chi connectivity index (χ4n) is 4.83. The maximum Gasteiger partial charge on any atom is 0.0683 e. The minimum atomic E-state index is -0.269. The van der Waals surface area contributed by atoms with Gasteiger partial charge in [0.25, 0.3) is 0 Å². The van der Waals surface area contributed by atoms with E-state index in [9.17, 15) is 0 Å². The summed E-state index contributed by atoms with van der Waals surface area (Å²) in [5, 5.41) is 5.24. The zero-order chi connectivity index (χ0) is 19.0. The van der Waals surface area contributed by atoms with Crippen LogP contribution in [0.3, 0.4) is 0 Å². The van der Waals surface area contributed by atoms with Crippen molar-refractivity contribution in [2.75, 3.05) is 6.54 Å². The number of piperidine rings is 1. The number of rotatable bonds is 4. The Labute approximate surface area is 171 Å². The van der Waals surface area contributed by atoms with E-state index in [2.05, 4.69) is 43.2 Å². The van der Waals surface area contributed by atoms with Gasteiger partial charge >= 0.3 is 0 Å². The summed E-state index contributed by atoms with van der Waals surface area (Å²) in [5.74, 6) is 0.280. The highest BCUT2D eigenvalue weighted by Crippen LogP contribution is 2.53. The Bertz CT molecular complexity index is 905. The van der Waals surface area contributed by atoms with E-state index in [0.29, 0.717) is 0 Å². The van der Waals surface area contributed by atoms with Crippen LogP contribution in [0, 0.1) is 0 Å². The van der Waals surface area contributed by atoms with Gasteiger partial charge in [-0.3, -0.25) is 4.99 Å². The largest absolute Gasteiger partial charge is 0.309 e. The molecule has 2 aliphatic rings. The highest BCUT2D eigenvalue weighted by molar-refractivity contribution is 6.31. The number of halogens is 2. The molecule has 4 heteroatoms. The third-order valence-corrected chi connectivity index (χ3v) is 6.38. The molecule has 1 saturated heterocycles. The van der Waals surface area contributed by atoms with Crippen LogP contribution >= 0.6 is 23.2 Å². The summed E-state index contributed by atoms with van der Waals surface area (Å²) in [4.78, 5) is 4.80. The SMILES string of the molecule is C=C(CCC)[C@@H]1NCC[C@H](c2cccc(Cl)c2)[C@@]12C=Nc1cc(Cl)ccc12. The molecule has 0 radical (unpaired) electrons. The van der Waals surface area contributed by atoms with Crippen LogP contribution in [0.15, 0.2) is 59.6 Å². The van der Waals surface area contributed by atoms with Gasteiger partial charge in [-0.25, -0.2) is 0 Å². The normalized spacial score (nSPS) is 26.3. The van der Waals surface area contributed by atoms with Gasteiger partial charge in [0, 0.05) is 28.2 Å². The van der Waals surface area contributed by atoms with Crippen molar-refractivity contribution in [3.63, 3.8) is 0 Å². The average Bonchev–Trinajstić information content (AvgIpc) is 3.00. The van der Waals surface area contributed by atoms with Gasteiger partial charge in [0.1, 0.15) is 0 Å². The first kappa shape index (κ1) is 18.7. The maximum absolute atomic E-state index is 6.34. The number of hydrogen-bond acceptors (Lipinski definition) is 2. The molecule has 1 spiro atoms. The van der Waals surface area contributed by atoms with Crippen LogP contribution in [0.5, 0.6) is 0 Å². The molecule has 0 aliphatic carbocycles. The Kier molecular flexibility index (Phi) is 5.15. The van der Waals surface area contributed by atoms with Crippen molar-refractivity contribution < 1.29 is 0 Å². The Morgan fingerprint density at radius 3 is 2.81 bits per heavy atom. The Morgan fingerprint density at radius 2 is 2.04 bits per heavy atom. The fraction of sp³-hybridized carbons (Fsp3) is 0.348. The van der Waals surface area contributed by atoms with Gasteiger partial charge in [0.15, 0.2) is 0 Å². The van der Waals surface area contributed by atoms with E-state index in [4.69, 9.17) is 28.2 Å².